The zero-order valence-electron chi connectivity index (χ0n) is 13.5. The minimum Gasteiger partial charge on any atom is -0.378 e. The lowest BCUT2D eigenvalue weighted by Crippen LogP contribution is -2.42. The number of hydrogen-bond donors (Lipinski definition) is 0. The van der Waals surface area contributed by atoms with E-state index in [9.17, 15) is 4.79 Å². The molecule has 3 rings (SSSR count). The second kappa shape index (κ2) is 6.30. The number of amides is 1. The van der Waals surface area contributed by atoms with Crippen molar-refractivity contribution in [3.63, 3.8) is 0 Å². The van der Waals surface area contributed by atoms with E-state index in [1.165, 1.54) is 0 Å². The van der Waals surface area contributed by atoms with Gasteiger partial charge in [0.05, 0.1) is 25.2 Å². The molecule has 1 aromatic rings. The van der Waals surface area contributed by atoms with Gasteiger partial charge in [0.15, 0.2) is 0 Å². The van der Waals surface area contributed by atoms with Crippen LogP contribution in [0.25, 0.3) is 0 Å². The van der Waals surface area contributed by atoms with Crippen molar-refractivity contribution in [1.29, 1.82) is 0 Å². The second-order valence-electron chi connectivity index (χ2n) is 6.64. The van der Waals surface area contributed by atoms with Crippen molar-refractivity contribution in [2.45, 2.75) is 32.4 Å². The van der Waals surface area contributed by atoms with E-state index in [1.807, 2.05) is 24.3 Å². The molecule has 0 aromatic carbocycles. The molecule has 0 N–H and O–H groups in total. The van der Waals surface area contributed by atoms with Crippen LogP contribution in [0.15, 0.2) is 12.4 Å². The highest BCUT2D eigenvalue weighted by Crippen LogP contribution is 2.21. The zero-order chi connectivity index (χ0) is 15.7. The minimum absolute atomic E-state index is 0.0617. The molecule has 0 unspecified atom stereocenters. The Hall–Kier alpha value is -1.53. The summed E-state index contributed by atoms with van der Waals surface area (Å²) < 4.78 is 5.63. The van der Waals surface area contributed by atoms with Gasteiger partial charge >= 0.3 is 0 Å². The predicted octanol–water partition coefficient (Wildman–Crippen LogP) is 0.889. The van der Waals surface area contributed by atoms with Gasteiger partial charge in [0.2, 0.25) is 5.91 Å². The van der Waals surface area contributed by atoms with Crippen molar-refractivity contribution in [1.82, 2.24) is 19.8 Å². The number of fused-ring (bicyclic) bond motifs is 3. The van der Waals surface area contributed by atoms with E-state index in [-0.39, 0.29) is 17.9 Å². The fraction of sp³-hybridized carbons (Fsp3) is 0.688. The molecule has 0 radical (unpaired) electrons. The normalized spacial score (nSPS) is 26.4. The average Bonchev–Trinajstić information content (AvgIpc) is 2.66. The van der Waals surface area contributed by atoms with E-state index >= 15 is 0 Å². The predicted molar refractivity (Wildman–Crippen MR) is 82.3 cm³/mol. The molecule has 2 aliphatic rings. The first-order chi connectivity index (χ1) is 10.5. The molecule has 2 fully saturated rings. The van der Waals surface area contributed by atoms with E-state index in [2.05, 4.69) is 28.7 Å². The Balaban J connectivity index is 1.71. The number of carbonyl (C=O) groups is 1. The van der Waals surface area contributed by atoms with Gasteiger partial charge in [-0.2, -0.15) is 0 Å². The summed E-state index contributed by atoms with van der Waals surface area (Å²) >= 11 is 0. The van der Waals surface area contributed by atoms with Gasteiger partial charge in [-0.3, -0.25) is 9.69 Å². The lowest BCUT2D eigenvalue weighted by atomic mass is 10.1. The van der Waals surface area contributed by atoms with Crippen LogP contribution in [0, 0.1) is 5.92 Å². The summed E-state index contributed by atoms with van der Waals surface area (Å²) in [5.74, 6) is 1.36. The van der Waals surface area contributed by atoms with Gasteiger partial charge in [-0.05, 0) is 0 Å². The summed E-state index contributed by atoms with van der Waals surface area (Å²) in [6, 6.07) is 0.135. The van der Waals surface area contributed by atoms with Crippen LogP contribution >= 0.6 is 0 Å². The molecule has 6 heteroatoms. The number of aromatic nitrogens is 2. The van der Waals surface area contributed by atoms with Crippen LogP contribution in [0.1, 0.15) is 31.2 Å². The Morgan fingerprint density at radius 1 is 1.27 bits per heavy atom. The lowest BCUT2D eigenvalue weighted by molar-refractivity contribution is -0.133. The fourth-order valence-electron chi connectivity index (χ4n) is 3.12. The van der Waals surface area contributed by atoms with Crippen molar-refractivity contribution in [2.24, 2.45) is 5.92 Å². The van der Waals surface area contributed by atoms with Gasteiger partial charge in [-0.15, -0.1) is 0 Å². The Morgan fingerprint density at radius 2 is 2.00 bits per heavy atom. The monoisotopic (exact) mass is 304 g/mol. The summed E-state index contributed by atoms with van der Waals surface area (Å²) in [5.41, 5.74) is 1.10. The van der Waals surface area contributed by atoms with E-state index in [4.69, 9.17) is 4.74 Å². The van der Waals surface area contributed by atoms with Gasteiger partial charge in [0, 0.05) is 50.6 Å². The van der Waals surface area contributed by atoms with Crippen molar-refractivity contribution in [3.05, 3.63) is 23.8 Å². The van der Waals surface area contributed by atoms with E-state index in [0.717, 1.165) is 31.0 Å². The summed E-state index contributed by atoms with van der Waals surface area (Å²) in [7, 11) is 1.89. The summed E-state index contributed by atoms with van der Waals surface area (Å²) in [6.07, 6.45) is 3.82. The maximum Gasteiger partial charge on any atom is 0.229 e. The van der Waals surface area contributed by atoms with Crippen LogP contribution in [0.4, 0.5) is 0 Å². The lowest BCUT2D eigenvalue weighted by Gasteiger charge is -2.29. The van der Waals surface area contributed by atoms with Crippen LogP contribution < -0.4 is 0 Å². The smallest absolute Gasteiger partial charge is 0.229 e. The Labute approximate surface area is 131 Å². The highest BCUT2D eigenvalue weighted by molar-refractivity contribution is 5.79. The molecule has 0 spiro atoms. The Kier molecular flexibility index (Phi) is 4.40. The SMILES string of the molecule is CC(C)c1ncc(CN2C[C@@H]3COC[C@H](C2)N(C)C3=O)cn1. The minimum atomic E-state index is -0.0617. The van der Waals surface area contributed by atoms with Crippen LogP contribution in [-0.2, 0) is 16.1 Å². The molecule has 0 saturated carbocycles. The number of ether oxygens (including phenoxy) is 1. The average molecular weight is 304 g/mol. The molecule has 6 nitrogen and oxygen atoms in total. The zero-order valence-corrected chi connectivity index (χ0v) is 13.5. The number of hydrogen-bond acceptors (Lipinski definition) is 5. The molecule has 2 saturated heterocycles. The third kappa shape index (κ3) is 3.13. The third-order valence-corrected chi connectivity index (χ3v) is 4.47. The largest absolute Gasteiger partial charge is 0.378 e. The van der Waals surface area contributed by atoms with Crippen molar-refractivity contribution in [3.8, 4) is 0 Å². The van der Waals surface area contributed by atoms with Crippen molar-refractivity contribution in [2.75, 3.05) is 33.4 Å². The van der Waals surface area contributed by atoms with Gasteiger partial charge < -0.3 is 9.64 Å². The van der Waals surface area contributed by atoms with Crippen molar-refractivity contribution < 1.29 is 9.53 Å². The second-order valence-corrected chi connectivity index (χ2v) is 6.64. The molecule has 2 bridgehead atoms. The van der Waals surface area contributed by atoms with Crippen LogP contribution in [0.2, 0.25) is 0 Å². The van der Waals surface area contributed by atoms with Crippen LogP contribution in [0.3, 0.4) is 0 Å². The number of nitrogens with zero attached hydrogens (tertiary/aromatic N) is 4. The quantitative estimate of drug-likeness (QED) is 0.830. The summed E-state index contributed by atoms with van der Waals surface area (Å²) in [4.78, 5) is 25.4. The van der Waals surface area contributed by atoms with Gasteiger partial charge in [-0.25, -0.2) is 9.97 Å². The molecule has 1 aromatic heterocycles. The highest BCUT2D eigenvalue weighted by atomic mass is 16.5. The third-order valence-electron chi connectivity index (χ3n) is 4.47. The van der Waals surface area contributed by atoms with Crippen LogP contribution in [0.5, 0.6) is 0 Å². The molecule has 1 amide bonds. The highest BCUT2D eigenvalue weighted by Gasteiger charge is 2.37. The maximum absolute atomic E-state index is 12.3. The molecule has 3 heterocycles. The molecule has 2 atom stereocenters. The molecule has 22 heavy (non-hydrogen) atoms. The van der Waals surface area contributed by atoms with Crippen LogP contribution in [-0.4, -0.2) is 65.1 Å². The first-order valence-corrected chi connectivity index (χ1v) is 7.92. The molecule has 0 aliphatic carbocycles. The Morgan fingerprint density at radius 3 is 2.68 bits per heavy atom. The van der Waals surface area contributed by atoms with E-state index in [0.29, 0.717) is 19.1 Å². The molecular formula is C16H24N4O2. The van der Waals surface area contributed by atoms with Gasteiger partial charge in [0.1, 0.15) is 5.82 Å². The molecule has 120 valence electrons. The number of rotatable bonds is 3. The number of likely N-dealkylation sites (N-methyl/N-ethyl adjacent to an activating group) is 1. The molecular weight excluding hydrogens is 280 g/mol. The van der Waals surface area contributed by atoms with Gasteiger partial charge in [0.25, 0.3) is 0 Å². The van der Waals surface area contributed by atoms with Crippen molar-refractivity contribution >= 4 is 5.91 Å². The Bertz CT molecular complexity index is 531. The standard InChI is InChI=1S/C16H24N4O2/c1-11(2)15-17-4-12(5-18-15)6-20-7-13-9-22-10-14(8-20)19(3)16(13)21/h4-5,11,13-14H,6-10H2,1-3H3/t13-,14+/m1/s1. The fourth-order valence-corrected chi connectivity index (χ4v) is 3.12. The van der Waals surface area contributed by atoms with E-state index < -0.39 is 0 Å². The first kappa shape index (κ1) is 15.4. The van der Waals surface area contributed by atoms with Gasteiger partial charge in [-0.1, -0.05) is 13.8 Å². The summed E-state index contributed by atoms with van der Waals surface area (Å²) in [5, 5.41) is 0. The first-order valence-electron chi connectivity index (χ1n) is 7.92. The summed E-state index contributed by atoms with van der Waals surface area (Å²) in [6.45, 7) is 7.69. The molecule has 2 aliphatic heterocycles. The number of carbonyl (C=O) groups excluding carboxylic acids is 1. The maximum atomic E-state index is 12.3. The van der Waals surface area contributed by atoms with E-state index in [1.54, 1.807) is 0 Å². The topological polar surface area (TPSA) is 58.6 Å².